The molecule has 0 amide bonds. The van der Waals surface area contributed by atoms with Crippen LogP contribution < -0.4 is 11.1 Å². The molecule has 0 saturated heterocycles. The van der Waals surface area contributed by atoms with Crippen molar-refractivity contribution in [2.45, 2.75) is 12.8 Å². The summed E-state index contributed by atoms with van der Waals surface area (Å²) in [5.41, 5.74) is 11.2. The van der Waals surface area contributed by atoms with Gasteiger partial charge < -0.3 is 15.6 Å². The van der Waals surface area contributed by atoms with E-state index in [1.165, 1.54) is 11.1 Å². The number of hydrogen-bond acceptors (Lipinski definition) is 3. The van der Waals surface area contributed by atoms with Gasteiger partial charge in [0.15, 0.2) is 0 Å². The monoisotopic (exact) mass is 312 g/mol. The van der Waals surface area contributed by atoms with Gasteiger partial charge in [0.25, 0.3) is 0 Å². The number of nitrogens with two attached hydrogens (primary N) is 1. The SMILES string of the molecule is N=c1cc2oc3cc(N)c4c(c3cc-2c2ccccc12)C=CCC4. The van der Waals surface area contributed by atoms with Crippen molar-refractivity contribution in [3.05, 3.63) is 65.0 Å². The molecule has 3 nitrogen and oxygen atoms in total. The predicted molar refractivity (Wildman–Crippen MR) is 98.0 cm³/mol. The number of fused-ring (bicyclic) bond motifs is 6. The van der Waals surface area contributed by atoms with E-state index in [0.29, 0.717) is 5.36 Å². The molecule has 0 aromatic heterocycles. The second kappa shape index (κ2) is 4.71. The molecule has 5 rings (SSSR count). The van der Waals surface area contributed by atoms with Crippen molar-refractivity contribution in [3.8, 4) is 11.3 Å². The molecule has 0 unspecified atom stereocenters. The first-order chi connectivity index (χ1) is 11.7. The lowest BCUT2D eigenvalue weighted by molar-refractivity contribution is 0.619. The van der Waals surface area contributed by atoms with Gasteiger partial charge in [0.05, 0.1) is 5.36 Å². The van der Waals surface area contributed by atoms with Crippen molar-refractivity contribution < 1.29 is 4.42 Å². The Morgan fingerprint density at radius 2 is 1.83 bits per heavy atom. The molecule has 0 atom stereocenters. The molecular formula is C21H16N2O. The number of benzene rings is 3. The maximum absolute atomic E-state index is 8.25. The zero-order valence-electron chi connectivity index (χ0n) is 13.1. The van der Waals surface area contributed by atoms with Crippen molar-refractivity contribution in [2.75, 3.05) is 5.73 Å². The van der Waals surface area contributed by atoms with E-state index in [-0.39, 0.29) is 0 Å². The smallest absolute Gasteiger partial charge is 0.137 e. The summed E-state index contributed by atoms with van der Waals surface area (Å²) in [7, 11) is 0. The van der Waals surface area contributed by atoms with Crippen LogP contribution in [0.4, 0.5) is 5.69 Å². The fraction of sp³-hybridized carbons (Fsp3) is 0.0952. The van der Waals surface area contributed by atoms with Gasteiger partial charge in [-0.25, -0.2) is 0 Å². The molecule has 0 saturated carbocycles. The normalized spacial score (nSPS) is 13.7. The van der Waals surface area contributed by atoms with Crippen LogP contribution in [0.2, 0.25) is 0 Å². The molecule has 1 heterocycles. The van der Waals surface area contributed by atoms with Gasteiger partial charge in [-0.2, -0.15) is 0 Å². The Morgan fingerprint density at radius 1 is 1.00 bits per heavy atom. The van der Waals surface area contributed by atoms with Crippen LogP contribution >= 0.6 is 0 Å². The van der Waals surface area contributed by atoms with Crippen LogP contribution in [0.15, 0.2) is 53.0 Å². The number of hydrogen-bond donors (Lipinski definition) is 2. The van der Waals surface area contributed by atoms with Crippen LogP contribution in [0.5, 0.6) is 0 Å². The molecule has 3 aliphatic rings. The minimum atomic E-state index is 0.479. The highest BCUT2D eigenvalue weighted by Gasteiger charge is 2.18. The van der Waals surface area contributed by atoms with Crippen molar-refractivity contribution in [1.82, 2.24) is 0 Å². The van der Waals surface area contributed by atoms with E-state index < -0.39 is 0 Å². The van der Waals surface area contributed by atoms with Gasteiger partial charge in [-0.3, -0.25) is 0 Å². The molecule has 0 radical (unpaired) electrons. The first-order valence-electron chi connectivity index (χ1n) is 8.14. The maximum Gasteiger partial charge on any atom is 0.137 e. The Labute approximate surface area is 138 Å². The van der Waals surface area contributed by atoms with Gasteiger partial charge in [-0.05, 0) is 35.4 Å². The van der Waals surface area contributed by atoms with E-state index >= 15 is 0 Å². The highest BCUT2D eigenvalue weighted by molar-refractivity contribution is 6.02. The minimum absolute atomic E-state index is 0.479. The molecule has 3 N–H and O–H groups in total. The average Bonchev–Trinajstić information content (AvgIpc) is 2.61. The molecule has 0 bridgehead atoms. The van der Waals surface area contributed by atoms with Crippen LogP contribution in [0, 0.1) is 5.41 Å². The second-order valence-corrected chi connectivity index (χ2v) is 6.34. The van der Waals surface area contributed by atoms with Gasteiger partial charge >= 0.3 is 0 Å². The maximum atomic E-state index is 8.25. The topological polar surface area (TPSA) is 63.0 Å². The number of allylic oxidation sites excluding steroid dienone is 1. The van der Waals surface area contributed by atoms with Crippen LogP contribution in [0.3, 0.4) is 0 Å². The van der Waals surface area contributed by atoms with E-state index in [4.69, 9.17) is 15.6 Å². The molecule has 116 valence electrons. The summed E-state index contributed by atoms with van der Waals surface area (Å²) in [6.45, 7) is 0. The van der Waals surface area contributed by atoms with E-state index in [1.54, 1.807) is 6.07 Å². The Balaban J connectivity index is 2.01. The summed E-state index contributed by atoms with van der Waals surface area (Å²) in [5.74, 6) is 0.727. The summed E-state index contributed by atoms with van der Waals surface area (Å²) in [6, 6.07) is 13.9. The van der Waals surface area contributed by atoms with Gasteiger partial charge in [-0.15, -0.1) is 0 Å². The van der Waals surface area contributed by atoms with Crippen molar-refractivity contribution >= 4 is 33.5 Å². The standard InChI is InChI=1S/C21H16N2O/c22-18-10-20-16(12-5-1-3-7-14(12)18)9-17-13-6-2-4-8-15(13)19(23)11-21(17)24-20/h1-3,5-7,9-11,22H,4,8,23H2. The minimum Gasteiger partial charge on any atom is -0.456 e. The lowest BCUT2D eigenvalue weighted by atomic mass is 9.91. The van der Waals surface area contributed by atoms with Crippen molar-refractivity contribution in [2.24, 2.45) is 0 Å². The van der Waals surface area contributed by atoms with Crippen LogP contribution in [0.25, 0.3) is 39.1 Å². The van der Waals surface area contributed by atoms with Gasteiger partial charge in [0.1, 0.15) is 11.3 Å². The van der Waals surface area contributed by atoms with E-state index in [2.05, 4.69) is 24.3 Å². The summed E-state index contributed by atoms with van der Waals surface area (Å²) < 4.78 is 6.15. The zero-order chi connectivity index (χ0) is 16.3. The fourth-order valence-corrected chi connectivity index (χ4v) is 3.76. The number of anilines is 1. The largest absolute Gasteiger partial charge is 0.456 e. The number of rotatable bonds is 0. The molecule has 0 spiro atoms. The van der Waals surface area contributed by atoms with Crippen molar-refractivity contribution in [3.63, 3.8) is 0 Å². The summed E-state index contributed by atoms with van der Waals surface area (Å²) in [6.07, 6.45) is 6.34. The highest BCUT2D eigenvalue weighted by atomic mass is 16.3. The van der Waals surface area contributed by atoms with E-state index in [0.717, 1.165) is 51.6 Å². The summed E-state index contributed by atoms with van der Waals surface area (Å²) in [4.78, 5) is 0. The quantitative estimate of drug-likeness (QED) is 0.280. The van der Waals surface area contributed by atoms with Crippen LogP contribution in [-0.4, -0.2) is 0 Å². The average molecular weight is 312 g/mol. The fourth-order valence-electron chi connectivity index (χ4n) is 3.76. The van der Waals surface area contributed by atoms with Crippen molar-refractivity contribution in [1.29, 1.82) is 5.41 Å². The Hall–Kier alpha value is -3.07. The molecule has 1 aliphatic heterocycles. The van der Waals surface area contributed by atoms with Crippen LogP contribution in [-0.2, 0) is 6.42 Å². The number of nitrogens with one attached hydrogen (secondary N) is 1. The Morgan fingerprint density at radius 3 is 2.71 bits per heavy atom. The summed E-state index contributed by atoms with van der Waals surface area (Å²) >= 11 is 0. The molecule has 0 fully saturated rings. The molecule has 2 aliphatic carbocycles. The molecule has 2 aromatic rings. The van der Waals surface area contributed by atoms with E-state index in [9.17, 15) is 0 Å². The molecule has 24 heavy (non-hydrogen) atoms. The Kier molecular flexibility index (Phi) is 2.63. The lowest BCUT2D eigenvalue weighted by Crippen LogP contribution is -2.04. The van der Waals surface area contributed by atoms with Gasteiger partial charge in [0, 0.05) is 34.2 Å². The Bertz CT molecular complexity index is 1180. The zero-order valence-corrected chi connectivity index (χ0v) is 13.1. The second-order valence-electron chi connectivity index (χ2n) is 6.34. The third-order valence-electron chi connectivity index (χ3n) is 4.92. The third-order valence-corrected chi connectivity index (χ3v) is 4.92. The molecule has 2 aromatic carbocycles. The van der Waals surface area contributed by atoms with E-state index in [1.807, 2.05) is 24.3 Å². The predicted octanol–water partition coefficient (Wildman–Crippen LogP) is 4.71. The first kappa shape index (κ1) is 13.4. The van der Waals surface area contributed by atoms with Gasteiger partial charge in [-0.1, -0.05) is 36.4 Å². The number of nitrogen functional groups attached to an aromatic ring is 1. The first-order valence-corrected chi connectivity index (χ1v) is 8.14. The summed E-state index contributed by atoms with van der Waals surface area (Å²) in [5, 5.41) is 11.8. The highest BCUT2D eigenvalue weighted by Crippen LogP contribution is 2.38. The lowest BCUT2D eigenvalue weighted by Gasteiger charge is -2.18. The van der Waals surface area contributed by atoms with Gasteiger partial charge in [0.2, 0.25) is 0 Å². The van der Waals surface area contributed by atoms with Crippen LogP contribution in [0.1, 0.15) is 17.5 Å². The molecular weight excluding hydrogens is 296 g/mol. The third kappa shape index (κ3) is 1.75. The molecule has 3 heteroatoms.